The molecule has 2 aromatic rings. The van der Waals surface area contributed by atoms with Gasteiger partial charge >= 0.3 is 0 Å². The van der Waals surface area contributed by atoms with Crippen molar-refractivity contribution in [3.63, 3.8) is 0 Å². The van der Waals surface area contributed by atoms with Gasteiger partial charge in [-0.15, -0.1) is 0 Å². The van der Waals surface area contributed by atoms with Crippen molar-refractivity contribution in [1.29, 1.82) is 0 Å². The summed E-state index contributed by atoms with van der Waals surface area (Å²) in [6, 6.07) is 6.44. The topological polar surface area (TPSA) is 51.4 Å². The molecule has 22 heavy (non-hydrogen) atoms. The van der Waals surface area contributed by atoms with Gasteiger partial charge in [0.05, 0.1) is 12.6 Å². The van der Waals surface area contributed by atoms with E-state index in [-0.39, 0.29) is 0 Å². The summed E-state index contributed by atoms with van der Waals surface area (Å²) in [6.07, 6.45) is 5.11. The van der Waals surface area contributed by atoms with Crippen molar-refractivity contribution < 1.29 is 4.74 Å². The summed E-state index contributed by atoms with van der Waals surface area (Å²) in [6.45, 7) is 3.26. The Bertz CT molecular complexity index is 654. The van der Waals surface area contributed by atoms with Crippen molar-refractivity contribution in [1.82, 2.24) is 9.88 Å². The van der Waals surface area contributed by atoms with E-state index in [1.165, 1.54) is 10.9 Å². The van der Waals surface area contributed by atoms with Gasteiger partial charge in [0.1, 0.15) is 5.75 Å². The first kappa shape index (κ1) is 15.7. The number of rotatable bonds is 4. The Kier molecular flexibility index (Phi) is 4.96. The van der Waals surface area contributed by atoms with E-state index >= 15 is 0 Å². The molecule has 0 radical (unpaired) electrons. The second-order valence-corrected chi connectivity index (χ2v) is 6.75. The Balaban J connectivity index is 1.81. The Hall–Kier alpha value is -1.17. The maximum Gasteiger partial charge on any atom is 0.119 e. The first-order chi connectivity index (χ1) is 10.7. The average Bonchev–Trinajstić information content (AvgIpc) is 2.55. The van der Waals surface area contributed by atoms with Crippen LogP contribution in [0.3, 0.4) is 0 Å². The Morgan fingerprint density at radius 2 is 2.14 bits per heavy atom. The fraction of sp³-hybridized carbons (Fsp3) is 0.471. The minimum atomic E-state index is 0.383. The molecule has 1 aliphatic heterocycles. The van der Waals surface area contributed by atoms with E-state index in [0.29, 0.717) is 6.04 Å². The smallest absolute Gasteiger partial charge is 0.119 e. The monoisotopic (exact) mass is 363 g/mol. The molecule has 118 valence electrons. The molecular formula is C17H22BrN3O. The van der Waals surface area contributed by atoms with Crippen LogP contribution in [0.5, 0.6) is 5.75 Å². The maximum atomic E-state index is 5.98. The van der Waals surface area contributed by atoms with Crippen LogP contribution in [-0.2, 0) is 6.42 Å². The van der Waals surface area contributed by atoms with E-state index in [0.717, 1.165) is 54.6 Å². The Morgan fingerprint density at radius 1 is 1.36 bits per heavy atom. The van der Waals surface area contributed by atoms with Gasteiger partial charge in [-0.1, -0.05) is 0 Å². The molecule has 0 aliphatic carbocycles. The number of ether oxygens (including phenoxy) is 1. The van der Waals surface area contributed by atoms with Crippen LogP contribution in [0, 0.1) is 0 Å². The predicted molar refractivity (Wildman–Crippen MR) is 93.3 cm³/mol. The van der Waals surface area contributed by atoms with Gasteiger partial charge in [-0.25, -0.2) is 0 Å². The van der Waals surface area contributed by atoms with Crippen molar-refractivity contribution in [2.24, 2.45) is 5.73 Å². The van der Waals surface area contributed by atoms with Crippen molar-refractivity contribution >= 4 is 26.8 Å². The van der Waals surface area contributed by atoms with Crippen molar-refractivity contribution in [2.45, 2.75) is 25.3 Å². The Morgan fingerprint density at radius 3 is 2.86 bits per heavy atom. The molecule has 0 spiro atoms. The fourth-order valence-electron chi connectivity index (χ4n) is 3.03. The van der Waals surface area contributed by atoms with Crippen LogP contribution in [-0.4, -0.2) is 42.7 Å². The fourth-order valence-corrected chi connectivity index (χ4v) is 3.54. The van der Waals surface area contributed by atoms with E-state index in [1.807, 2.05) is 18.3 Å². The summed E-state index contributed by atoms with van der Waals surface area (Å²) < 4.78 is 6.43. The highest BCUT2D eigenvalue weighted by atomic mass is 79.9. The number of piperidine rings is 1. The van der Waals surface area contributed by atoms with Crippen LogP contribution >= 0.6 is 15.9 Å². The van der Waals surface area contributed by atoms with Crippen LogP contribution in [0.25, 0.3) is 10.9 Å². The first-order valence-corrected chi connectivity index (χ1v) is 8.55. The summed E-state index contributed by atoms with van der Waals surface area (Å²) in [5.41, 5.74) is 8.30. The predicted octanol–water partition coefficient (Wildman–Crippen LogP) is 2.97. The highest BCUT2D eigenvalue weighted by molar-refractivity contribution is 9.10. The number of pyridine rings is 1. The van der Waals surface area contributed by atoms with Gasteiger partial charge in [0, 0.05) is 28.6 Å². The van der Waals surface area contributed by atoms with Crippen molar-refractivity contribution in [3.8, 4) is 5.75 Å². The van der Waals surface area contributed by atoms with Gasteiger partial charge in [0.2, 0.25) is 0 Å². The molecule has 4 nitrogen and oxygen atoms in total. The van der Waals surface area contributed by atoms with Crippen molar-refractivity contribution in [2.75, 3.05) is 26.7 Å². The molecule has 0 saturated carbocycles. The van der Waals surface area contributed by atoms with E-state index < -0.39 is 0 Å². The zero-order chi connectivity index (χ0) is 15.5. The number of methoxy groups -OCH3 is 1. The van der Waals surface area contributed by atoms with Gasteiger partial charge < -0.3 is 15.4 Å². The molecule has 2 heterocycles. The molecule has 0 bridgehead atoms. The third-order valence-corrected chi connectivity index (χ3v) is 5.13. The number of nitrogens with zero attached hydrogens (tertiary/aromatic N) is 2. The van der Waals surface area contributed by atoms with E-state index in [2.05, 4.69) is 31.9 Å². The quantitative estimate of drug-likeness (QED) is 0.906. The minimum absolute atomic E-state index is 0.383. The number of fused-ring (bicyclic) bond motifs is 1. The lowest BCUT2D eigenvalue weighted by Gasteiger charge is -2.30. The third-order valence-electron chi connectivity index (χ3n) is 4.44. The molecule has 1 fully saturated rings. The van der Waals surface area contributed by atoms with Crippen molar-refractivity contribution in [3.05, 3.63) is 34.4 Å². The number of nitrogens with two attached hydrogens (primary N) is 1. The number of hydrogen-bond donors (Lipinski definition) is 1. The standard InChI is InChI=1S/C17H22BrN3O/c1-22-13-2-3-17-15(10-13)14(16(18)11-20-17)6-9-21-7-4-12(19)5-8-21/h2-3,10-12H,4-9,19H2,1H3. The zero-order valence-corrected chi connectivity index (χ0v) is 14.5. The molecule has 1 saturated heterocycles. The number of aromatic nitrogens is 1. The molecule has 1 aromatic heterocycles. The molecule has 1 aromatic carbocycles. The highest BCUT2D eigenvalue weighted by Gasteiger charge is 2.17. The first-order valence-electron chi connectivity index (χ1n) is 7.76. The minimum Gasteiger partial charge on any atom is -0.497 e. The van der Waals surface area contributed by atoms with Gasteiger partial charge in [0.15, 0.2) is 0 Å². The summed E-state index contributed by atoms with van der Waals surface area (Å²) in [5.74, 6) is 0.873. The van der Waals surface area contributed by atoms with Crippen LogP contribution in [0.1, 0.15) is 18.4 Å². The van der Waals surface area contributed by atoms with E-state index in [4.69, 9.17) is 10.5 Å². The van der Waals surface area contributed by atoms with Crippen LogP contribution in [0.4, 0.5) is 0 Å². The van der Waals surface area contributed by atoms with Gasteiger partial charge in [-0.05, 0) is 72.0 Å². The van der Waals surface area contributed by atoms with Crippen LogP contribution < -0.4 is 10.5 Å². The average molecular weight is 364 g/mol. The lowest BCUT2D eigenvalue weighted by molar-refractivity contribution is 0.215. The normalized spacial score (nSPS) is 17.0. The van der Waals surface area contributed by atoms with E-state index in [9.17, 15) is 0 Å². The summed E-state index contributed by atoms with van der Waals surface area (Å²) in [4.78, 5) is 6.99. The molecule has 0 amide bonds. The highest BCUT2D eigenvalue weighted by Crippen LogP contribution is 2.28. The maximum absolute atomic E-state index is 5.98. The summed E-state index contributed by atoms with van der Waals surface area (Å²) in [5, 5.41) is 1.17. The van der Waals surface area contributed by atoms with Gasteiger partial charge in [-0.2, -0.15) is 0 Å². The molecule has 3 rings (SSSR count). The van der Waals surface area contributed by atoms with Gasteiger partial charge in [0.25, 0.3) is 0 Å². The lowest BCUT2D eigenvalue weighted by Crippen LogP contribution is -2.40. The number of likely N-dealkylation sites (tertiary alicyclic amines) is 1. The molecule has 2 N–H and O–H groups in total. The second-order valence-electron chi connectivity index (χ2n) is 5.90. The third kappa shape index (κ3) is 3.42. The SMILES string of the molecule is COc1ccc2ncc(Br)c(CCN3CCC(N)CC3)c2c1. The summed E-state index contributed by atoms with van der Waals surface area (Å²) >= 11 is 3.66. The summed E-state index contributed by atoms with van der Waals surface area (Å²) in [7, 11) is 1.70. The number of hydrogen-bond acceptors (Lipinski definition) is 4. The number of halogens is 1. The molecule has 0 unspecified atom stereocenters. The molecule has 1 aliphatic rings. The zero-order valence-electron chi connectivity index (χ0n) is 12.9. The Labute approximate surface area is 139 Å². The largest absolute Gasteiger partial charge is 0.497 e. The molecular weight excluding hydrogens is 342 g/mol. The second kappa shape index (κ2) is 6.94. The molecule has 5 heteroatoms. The number of benzene rings is 1. The van der Waals surface area contributed by atoms with Crippen LogP contribution in [0.2, 0.25) is 0 Å². The van der Waals surface area contributed by atoms with Crippen LogP contribution in [0.15, 0.2) is 28.9 Å². The van der Waals surface area contributed by atoms with Gasteiger partial charge in [-0.3, -0.25) is 4.98 Å². The molecule has 0 atom stereocenters. The lowest BCUT2D eigenvalue weighted by atomic mass is 10.0. The van der Waals surface area contributed by atoms with E-state index in [1.54, 1.807) is 7.11 Å².